The lowest BCUT2D eigenvalue weighted by Gasteiger charge is -2.09. The second kappa shape index (κ2) is 8.67. The molecule has 0 aliphatic heterocycles. The van der Waals surface area contributed by atoms with Crippen molar-refractivity contribution in [3.05, 3.63) is 58.3 Å². The first kappa shape index (κ1) is 19.6. The third kappa shape index (κ3) is 4.75. The van der Waals surface area contributed by atoms with Crippen molar-refractivity contribution in [3.63, 3.8) is 0 Å². The summed E-state index contributed by atoms with van der Waals surface area (Å²) in [5.74, 6) is 0.469. The number of rotatable bonds is 6. The monoisotopic (exact) mass is 448 g/mol. The molecule has 0 bridgehead atoms. The summed E-state index contributed by atoms with van der Waals surface area (Å²) in [4.78, 5) is 12.3. The van der Waals surface area contributed by atoms with Gasteiger partial charge in [0.1, 0.15) is 5.82 Å². The first-order chi connectivity index (χ1) is 13.0. The Kier molecular flexibility index (Phi) is 6.28. The Hall–Kier alpha value is -2.19. The summed E-state index contributed by atoms with van der Waals surface area (Å²) in [5, 5.41) is 12.0. The van der Waals surface area contributed by atoms with Crippen LogP contribution in [0.3, 0.4) is 0 Å². The SMILES string of the molecule is CCn1c(SCC(=O)Nc2ccc(Br)cc2C)nnc1-c1ccc(F)cc1. The summed E-state index contributed by atoms with van der Waals surface area (Å²) in [6.45, 7) is 4.57. The number of amides is 1. The number of carbonyl (C=O) groups is 1. The third-order valence-electron chi connectivity index (χ3n) is 3.93. The van der Waals surface area contributed by atoms with E-state index >= 15 is 0 Å². The van der Waals surface area contributed by atoms with Gasteiger partial charge in [-0.2, -0.15) is 0 Å². The summed E-state index contributed by atoms with van der Waals surface area (Å²) in [7, 11) is 0. The summed E-state index contributed by atoms with van der Waals surface area (Å²) < 4.78 is 16.0. The molecule has 3 rings (SSSR count). The minimum Gasteiger partial charge on any atom is -0.325 e. The first-order valence-electron chi connectivity index (χ1n) is 8.36. The number of aryl methyl sites for hydroxylation is 1. The molecule has 5 nitrogen and oxygen atoms in total. The van der Waals surface area contributed by atoms with E-state index in [0.29, 0.717) is 17.5 Å². The van der Waals surface area contributed by atoms with Crippen LogP contribution in [0.2, 0.25) is 0 Å². The topological polar surface area (TPSA) is 59.8 Å². The zero-order chi connectivity index (χ0) is 19.4. The fourth-order valence-electron chi connectivity index (χ4n) is 2.58. The molecule has 0 unspecified atom stereocenters. The van der Waals surface area contributed by atoms with E-state index in [-0.39, 0.29) is 17.5 Å². The zero-order valence-electron chi connectivity index (χ0n) is 14.9. The van der Waals surface area contributed by atoms with Crippen LogP contribution in [0.25, 0.3) is 11.4 Å². The molecular formula is C19H18BrFN4OS. The van der Waals surface area contributed by atoms with Gasteiger partial charge in [-0.3, -0.25) is 4.79 Å². The predicted molar refractivity (Wildman–Crippen MR) is 109 cm³/mol. The Bertz CT molecular complexity index is 959. The lowest BCUT2D eigenvalue weighted by Crippen LogP contribution is -2.15. The molecule has 1 heterocycles. The number of benzene rings is 2. The molecule has 0 saturated carbocycles. The van der Waals surface area contributed by atoms with Gasteiger partial charge in [-0.1, -0.05) is 27.7 Å². The van der Waals surface area contributed by atoms with Crippen LogP contribution in [0.5, 0.6) is 0 Å². The molecule has 2 aromatic carbocycles. The van der Waals surface area contributed by atoms with Gasteiger partial charge in [0.2, 0.25) is 5.91 Å². The van der Waals surface area contributed by atoms with Crippen molar-refractivity contribution in [3.8, 4) is 11.4 Å². The van der Waals surface area contributed by atoms with Crippen molar-refractivity contribution >= 4 is 39.3 Å². The average molecular weight is 449 g/mol. The van der Waals surface area contributed by atoms with E-state index in [1.807, 2.05) is 36.6 Å². The summed E-state index contributed by atoms with van der Waals surface area (Å²) in [6.07, 6.45) is 0. The van der Waals surface area contributed by atoms with E-state index in [0.717, 1.165) is 21.3 Å². The standard InChI is InChI=1S/C19H18BrFN4OS/c1-3-25-18(13-4-7-15(21)8-5-13)23-24-19(25)27-11-17(26)22-16-9-6-14(20)10-12(16)2/h4-10H,3,11H2,1-2H3,(H,22,26). The van der Waals surface area contributed by atoms with Crippen molar-refractivity contribution in [1.29, 1.82) is 0 Å². The highest BCUT2D eigenvalue weighted by Gasteiger charge is 2.15. The number of anilines is 1. The van der Waals surface area contributed by atoms with Crippen molar-refractivity contribution in [2.24, 2.45) is 0 Å². The van der Waals surface area contributed by atoms with Crippen LogP contribution < -0.4 is 5.32 Å². The molecule has 1 N–H and O–H groups in total. The van der Waals surface area contributed by atoms with Gasteiger partial charge in [-0.05, 0) is 61.9 Å². The Morgan fingerprint density at radius 1 is 1.22 bits per heavy atom. The largest absolute Gasteiger partial charge is 0.325 e. The fourth-order valence-corrected chi connectivity index (χ4v) is 3.85. The first-order valence-corrected chi connectivity index (χ1v) is 10.1. The molecule has 3 aromatic rings. The van der Waals surface area contributed by atoms with Gasteiger partial charge in [0.15, 0.2) is 11.0 Å². The van der Waals surface area contributed by atoms with Gasteiger partial charge in [0.05, 0.1) is 5.75 Å². The number of nitrogens with zero attached hydrogens (tertiary/aromatic N) is 3. The molecule has 27 heavy (non-hydrogen) atoms. The van der Waals surface area contributed by atoms with E-state index in [1.165, 1.54) is 23.9 Å². The second-order valence-electron chi connectivity index (χ2n) is 5.85. The molecule has 1 amide bonds. The molecule has 8 heteroatoms. The number of nitrogens with one attached hydrogen (secondary N) is 1. The fraction of sp³-hybridized carbons (Fsp3) is 0.211. The second-order valence-corrected chi connectivity index (χ2v) is 7.71. The molecule has 140 valence electrons. The smallest absolute Gasteiger partial charge is 0.234 e. The molecule has 0 radical (unpaired) electrons. The Balaban J connectivity index is 1.69. The van der Waals surface area contributed by atoms with Gasteiger partial charge in [-0.25, -0.2) is 4.39 Å². The van der Waals surface area contributed by atoms with E-state index in [2.05, 4.69) is 31.4 Å². The van der Waals surface area contributed by atoms with Crippen LogP contribution in [0.4, 0.5) is 10.1 Å². The maximum Gasteiger partial charge on any atom is 0.234 e. The highest BCUT2D eigenvalue weighted by molar-refractivity contribution is 9.10. The van der Waals surface area contributed by atoms with Crippen LogP contribution in [0.15, 0.2) is 52.1 Å². The highest BCUT2D eigenvalue weighted by atomic mass is 79.9. The van der Waals surface area contributed by atoms with Crippen molar-refractivity contribution in [2.75, 3.05) is 11.1 Å². The molecule has 0 saturated heterocycles. The molecule has 0 fully saturated rings. The number of hydrogen-bond acceptors (Lipinski definition) is 4. The number of hydrogen-bond donors (Lipinski definition) is 1. The normalized spacial score (nSPS) is 10.8. The van der Waals surface area contributed by atoms with Gasteiger partial charge < -0.3 is 9.88 Å². The molecule has 1 aromatic heterocycles. The Morgan fingerprint density at radius 2 is 1.96 bits per heavy atom. The van der Waals surface area contributed by atoms with E-state index in [1.54, 1.807) is 12.1 Å². The molecule has 0 aliphatic carbocycles. The predicted octanol–water partition coefficient (Wildman–Crippen LogP) is 4.91. The maximum atomic E-state index is 13.1. The molecular weight excluding hydrogens is 431 g/mol. The Labute approximate surface area is 169 Å². The quantitative estimate of drug-likeness (QED) is 0.544. The van der Waals surface area contributed by atoms with Gasteiger partial charge in [-0.15, -0.1) is 10.2 Å². The van der Waals surface area contributed by atoms with Crippen LogP contribution in [-0.4, -0.2) is 26.4 Å². The minimum absolute atomic E-state index is 0.112. The molecule has 0 atom stereocenters. The summed E-state index contributed by atoms with van der Waals surface area (Å²) in [5.41, 5.74) is 2.55. The van der Waals surface area contributed by atoms with E-state index < -0.39 is 0 Å². The van der Waals surface area contributed by atoms with Gasteiger partial charge in [0.25, 0.3) is 0 Å². The lowest BCUT2D eigenvalue weighted by atomic mass is 10.2. The maximum absolute atomic E-state index is 13.1. The minimum atomic E-state index is -0.296. The molecule has 0 spiro atoms. The highest BCUT2D eigenvalue weighted by Crippen LogP contribution is 2.25. The molecule has 0 aliphatic rings. The third-order valence-corrected chi connectivity index (χ3v) is 5.39. The summed E-state index contributed by atoms with van der Waals surface area (Å²) >= 11 is 4.73. The number of carbonyl (C=O) groups excluding carboxylic acids is 1. The number of halogens is 2. The van der Waals surface area contributed by atoms with Gasteiger partial charge in [0, 0.05) is 22.3 Å². The average Bonchev–Trinajstić information content (AvgIpc) is 3.06. The van der Waals surface area contributed by atoms with Crippen LogP contribution in [0, 0.1) is 12.7 Å². The van der Waals surface area contributed by atoms with E-state index in [9.17, 15) is 9.18 Å². The van der Waals surface area contributed by atoms with Crippen molar-refractivity contribution in [1.82, 2.24) is 14.8 Å². The van der Waals surface area contributed by atoms with Gasteiger partial charge >= 0.3 is 0 Å². The number of aromatic nitrogens is 3. The van der Waals surface area contributed by atoms with Crippen molar-refractivity contribution < 1.29 is 9.18 Å². The summed E-state index contributed by atoms with van der Waals surface area (Å²) in [6, 6.07) is 11.8. The van der Waals surface area contributed by atoms with Crippen LogP contribution >= 0.6 is 27.7 Å². The lowest BCUT2D eigenvalue weighted by molar-refractivity contribution is -0.113. The Morgan fingerprint density at radius 3 is 2.63 bits per heavy atom. The van der Waals surface area contributed by atoms with Crippen LogP contribution in [0.1, 0.15) is 12.5 Å². The number of thioether (sulfide) groups is 1. The van der Waals surface area contributed by atoms with Crippen LogP contribution in [-0.2, 0) is 11.3 Å². The van der Waals surface area contributed by atoms with Crippen molar-refractivity contribution in [2.45, 2.75) is 25.5 Å². The van der Waals surface area contributed by atoms with E-state index in [4.69, 9.17) is 0 Å². The zero-order valence-corrected chi connectivity index (χ0v) is 17.3.